The van der Waals surface area contributed by atoms with Crippen molar-refractivity contribution in [3.8, 4) is 0 Å². The monoisotopic (exact) mass is 192 g/mol. The summed E-state index contributed by atoms with van der Waals surface area (Å²) >= 11 is 0. The molecule has 0 aromatic carbocycles. The Bertz CT molecular complexity index is 491. The van der Waals surface area contributed by atoms with Gasteiger partial charge in [-0.1, -0.05) is 0 Å². The van der Waals surface area contributed by atoms with E-state index in [0.717, 1.165) is 5.69 Å². The molecule has 0 amide bonds. The predicted octanol–water partition coefficient (Wildman–Crippen LogP) is -0.0314. The van der Waals surface area contributed by atoms with E-state index in [4.69, 9.17) is 0 Å². The lowest BCUT2D eigenvalue weighted by molar-refractivity contribution is 0.676. The fourth-order valence-electron chi connectivity index (χ4n) is 1.35. The number of hydrogen-bond acceptors (Lipinski definition) is 2. The molecule has 14 heavy (non-hydrogen) atoms. The molecule has 5 heteroatoms. The van der Waals surface area contributed by atoms with E-state index in [0.29, 0.717) is 6.54 Å². The van der Waals surface area contributed by atoms with Gasteiger partial charge >= 0.3 is 5.69 Å². The highest BCUT2D eigenvalue weighted by Crippen LogP contribution is 1.96. The summed E-state index contributed by atoms with van der Waals surface area (Å²) in [6.45, 7) is 0.528. The normalized spacial score (nSPS) is 10.7. The quantitative estimate of drug-likeness (QED) is 0.670. The summed E-state index contributed by atoms with van der Waals surface area (Å²) in [7, 11) is 3.59. The largest absolute Gasteiger partial charge is 0.328 e. The Kier molecular flexibility index (Phi) is 1.99. The van der Waals surface area contributed by atoms with Crippen molar-refractivity contribution >= 4 is 0 Å². The number of hydrogen-bond donors (Lipinski definition) is 0. The number of nitrogens with zero attached hydrogens (tertiary/aromatic N) is 4. The van der Waals surface area contributed by atoms with Crippen molar-refractivity contribution in [3.63, 3.8) is 0 Å². The highest BCUT2D eigenvalue weighted by molar-refractivity contribution is 5.00. The summed E-state index contributed by atoms with van der Waals surface area (Å²) in [6.07, 6.45) is 5.37. The molecule has 0 bridgehead atoms. The van der Waals surface area contributed by atoms with E-state index < -0.39 is 0 Å². The van der Waals surface area contributed by atoms with Crippen molar-refractivity contribution in [2.24, 2.45) is 14.1 Å². The number of rotatable bonds is 2. The first-order chi connectivity index (χ1) is 6.66. The van der Waals surface area contributed by atoms with E-state index in [1.807, 2.05) is 19.3 Å². The lowest BCUT2D eigenvalue weighted by Crippen LogP contribution is -2.22. The summed E-state index contributed by atoms with van der Waals surface area (Å²) in [4.78, 5) is 11.5. The molecule has 0 atom stereocenters. The summed E-state index contributed by atoms with van der Waals surface area (Å²) in [6, 6.07) is 1.90. The Morgan fingerprint density at radius 2 is 2.07 bits per heavy atom. The second-order valence-electron chi connectivity index (χ2n) is 3.30. The molecule has 0 spiro atoms. The smallest absolute Gasteiger partial charge is 0.302 e. The van der Waals surface area contributed by atoms with Crippen LogP contribution in [0, 0.1) is 0 Å². The van der Waals surface area contributed by atoms with Crippen LogP contribution in [0.1, 0.15) is 5.69 Å². The highest BCUT2D eigenvalue weighted by atomic mass is 16.1. The third kappa shape index (κ3) is 1.48. The van der Waals surface area contributed by atoms with Crippen LogP contribution in [0.5, 0.6) is 0 Å². The molecule has 0 fully saturated rings. The van der Waals surface area contributed by atoms with Gasteiger partial charge in [0.1, 0.15) is 0 Å². The van der Waals surface area contributed by atoms with Crippen molar-refractivity contribution in [1.82, 2.24) is 18.9 Å². The Morgan fingerprint density at radius 1 is 1.29 bits per heavy atom. The molecule has 0 aliphatic rings. The van der Waals surface area contributed by atoms with E-state index in [9.17, 15) is 4.79 Å². The van der Waals surface area contributed by atoms with Gasteiger partial charge in [-0.15, -0.1) is 0 Å². The van der Waals surface area contributed by atoms with Gasteiger partial charge < -0.3 is 4.57 Å². The highest BCUT2D eigenvalue weighted by Gasteiger charge is 2.02. The fraction of sp³-hybridized carbons (Fsp3) is 0.333. The van der Waals surface area contributed by atoms with E-state index in [2.05, 4.69) is 5.10 Å². The molecule has 2 aromatic heterocycles. The van der Waals surface area contributed by atoms with Gasteiger partial charge in [0.15, 0.2) is 0 Å². The molecule has 0 radical (unpaired) electrons. The Morgan fingerprint density at radius 3 is 2.57 bits per heavy atom. The summed E-state index contributed by atoms with van der Waals surface area (Å²) in [5.74, 6) is 0. The average Bonchev–Trinajstić information content (AvgIpc) is 2.67. The minimum Gasteiger partial charge on any atom is -0.302 e. The van der Waals surface area contributed by atoms with Gasteiger partial charge in [-0.25, -0.2) is 4.79 Å². The second-order valence-corrected chi connectivity index (χ2v) is 3.30. The standard InChI is InChI=1S/C9H12N4O/c1-11-5-6-13(9(11)14)7-8-3-4-12(2)10-8/h3-6H,7H2,1-2H3. The number of aryl methyl sites for hydroxylation is 2. The lowest BCUT2D eigenvalue weighted by atomic mass is 10.4. The zero-order chi connectivity index (χ0) is 10.1. The van der Waals surface area contributed by atoms with Gasteiger partial charge in [0.25, 0.3) is 0 Å². The maximum Gasteiger partial charge on any atom is 0.328 e. The third-order valence-electron chi connectivity index (χ3n) is 2.12. The van der Waals surface area contributed by atoms with Crippen LogP contribution in [0.2, 0.25) is 0 Å². The Balaban J connectivity index is 2.27. The molecule has 0 saturated carbocycles. The molecule has 0 saturated heterocycles. The van der Waals surface area contributed by atoms with E-state index >= 15 is 0 Å². The van der Waals surface area contributed by atoms with Crippen LogP contribution in [0.4, 0.5) is 0 Å². The molecule has 2 aromatic rings. The average molecular weight is 192 g/mol. The van der Waals surface area contributed by atoms with E-state index in [-0.39, 0.29) is 5.69 Å². The van der Waals surface area contributed by atoms with Crippen molar-refractivity contribution in [3.05, 3.63) is 40.8 Å². The van der Waals surface area contributed by atoms with Gasteiger partial charge in [-0.3, -0.25) is 9.25 Å². The first-order valence-electron chi connectivity index (χ1n) is 4.37. The number of imidazole rings is 1. The van der Waals surface area contributed by atoms with Crippen LogP contribution in [0.3, 0.4) is 0 Å². The maximum atomic E-state index is 11.5. The van der Waals surface area contributed by atoms with Crippen LogP contribution < -0.4 is 5.69 Å². The Hall–Kier alpha value is -1.78. The Labute approximate surface area is 81.2 Å². The first-order valence-corrected chi connectivity index (χ1v) is 4.37. The van der Waals surface area contributed by atoms with Crippen LogP contribution in [-0.2, 0) is 20.6 Å². The molecule has 5 nitrogen and oxygen atoms in total. The molecule has 0 unspecified atom stereocenters. The molecule has 0 N–H and O–H groups in total. The maximum absolute atomic E-state index is 11.5. The lowest BCUT2D eigenvalue weighted by Gasteiger charge is -1.96. The minimum atomic E-state index is -0.0179. The second kappa shape index (κ2) is 3.17. The van der Waals surface area contributed by atoms with Gasteiger partial charge in [0.2, 0.25) is 0 Å². The molecule has 0 aliphatic carbocycles. The number of aromatic nitrogens is 4. The third-order valence-corrected chi connectivity index (χ3v) is 2.12. The van der Waals surface area contributed by atoms with Crippen LogP contribution in [0.25, 0.3) is 0 Å². The van der Waals surface area contributed by atoms with E-state index in [1.165, 1.54) is 0 Å². The molecular weight excluding hydrogens is 180 g/mol. The van der Waals surface area contributed by atoms with Crippen LogP contribution in [0.15, 0.2) is 29.5 Å². The molecule has 0 aliphatic heterocycles. The topological polar surface area (TPSA) is 44.8 Å². The SMILES string of the molecule is Cn1ccc(Cn2ccn(C)c2=O)n1. The summed E-state index contributed by atoms with van der Waals surface area (Å²) in [5.41, 5.74) is 0.872. The van der Waals surface area contributed by atoms with E-state index in [1.54, 1.807) is 33.3 Å². The van der Waals surface area contributed by atoms with Gasteiger partial charge in [0, 0.05) is 32.7 Å². The fourth-order valence-corrected chi connectivity index (χ4v) is 1.35. The predicted molar refractivity (Wildman–Crippen MR) is 52.0 cm³/mol. The van der Waals surface area contributed by atoms with Crippen LogP contribution >= 0.6 is 0 Å². The molecular formula is C9H12N4O. The minimum absolute atomic E-state index is 0.0179. The zero-order valence-corrected chi connectivity index (χ0v) is 8.21. The summed E-state index contributed by atoms with van der Waals surface area (Å²) in [5, 5.41) is 4.20. The van der Waals surface area contributed by atoms with Gasteiger partial charge in [0.05, 0.1) is 12.2 Å². The van der Waals surface area contributed by atoms with Gasteiger partial charge in [-0.05, 0) is 6.07 Å². The van der Waals surface area contributed by atoms with Crippen molar-refractivity contribution in [2.75, 3.05) is 0 Å². The van der Waals surface area contributed by atoms with Crippen molar-refractivity contribution in [2.45, 2.75) is 6.54 Å². The molecule has 2 rings (SSSR count). The molecule has 74 valence electrons. The van der Waals surface area contributed by atoms with Gasteiger partial charge in [-0.2, -0.15) is 5.10 Å². The van der Waals surface area contributed by atoms with Crippen molar-refractivity contribution < 1.29 is 0 Å². The first kappa shape index (κ1) is 8.80. The van der Waals surface area contributed by atoms with Crippen molar-refractivity contribution in [1.29, 1.82) is 0 Å². The summed E-state index contributed by atoms with van der Waals surface area (Å²) < 4.78 is 4.90. The van der Waals surface area contributed by atoms with Crippen LogP contribution in [-0.4, -0.2) is 18.9 Å². The molecule has 2 heterocycles. The zero-order valence-electron chi connectivity index (χ0n) is 8.21.